The van der Waals surface area contributed by atoms with Gasteiger partial charge in [0.25, 0.3) is 5.91 Å². The van der Waals surface area contributed by atoms with Crippen LogP contribution in [0.2, 0.25) is 5.02 Å². The first-order chi connectivity index (χ1) is 27.2. The molecule has 2 amide bonds. The van der Waals surface area contributed by atoms with Crippen molar-refractivity contribution in [3.8, 4) is 22.5 Å². The van der Waals surface area contributed by atoms with Crippen LogP contribution in [0.15, 0.2) is 113 Å². The number of aliphatic imine (C=N–C) groups is 1. The quantitative estimate of drug-likeness (QED) is 0.130. The summed E-state index contributed by atoms with van der Waals surface area (Å²) in [6.07, 6.45) is -4.93. The molecule has 4 aromatic carbocycles. The van der Waals surface area contributed by atoms with E-state index in [9.17, 15) is 35.2 Å². The highest BCUT2D eigenvalue weighted by atomic mass is 35.5. The second kappa shape index (κ2) is 15.9. The number of carbonyl (C=O) groups is 2. The molecule has 11 nitrogen and oxygen atoms in total. The molecule has 1 aliphatic heterocycles. The van der Waals surface area contributed by atoms with Crippen molar-refractivity contribution in [3.05, 3.63) is 132 Å². The Labute approximate surface area is 335 Å². The summed E-state index contributed by atoms with van der Waals surface area (Å²) >= 11 is 6.41. The van der Waals surface area contributed by atoms with Crippen LogP contribution in [0.25, 0.3) is 22.5 Å². The highest BCUT2D eigenvalue weighted by Crippen LogP contribution is 2.49. The van der Waals surface area contributed by atoms with Crippen molar-refractivity contribution in [2.45, 2.75) is 56.1 Å². The van der Waals surface area contributed by atoms with E-state index in [1.54, 1.807) is 54.6 Å². The summed E-state index contributed by atoms with van der Waals surface area (Å²) in [7, 11) is -3.48. The molecular weight excluding hydrogens is 807 g/mol. The van der Waals surface area contributed by atoms with E-state index in [1.165, 1.54) is 42.5 Å². The molecule has 0 unspecified atom stereocenters. The van der Waals surface area contributed by atoms with Gasteiger partial charge in [-0.05, 0) is 65.4 Å². The minimum absolute atomic E-state index is 0.0116. The molecule has 1 saturated heterocycles. The van der Waals surface area contributed by atoms with Crippen LogP contribution in [-0.2, 0) is 31.5 Å². The van der Waals surface area contributed by atoms with E-state index < -0.39 is 63.9 Å². The average molecular weight is 842 g/mol. The number of nitrogens with one attached hydrogen (secondary N) is 1. The summed E-state index contributed by atoms with van der Waals surface area (Å²) in [6, 6.07) is 23.3. The van der Waals surface area contributed by atoms with Crippen molar-refractivity contribution in [1.29, 1.82) is 0 Å². The SMILES string of the molecule is [CH2][C@@H](c1ccc(Cl)c(-c2ncnn2C(F)F)c1)N1C(=O)[C@@](CC(C)(C)C(F)(F)F)(c2ccc(-c3ccc(S(C)(=O)=O)cc3)cc2)N/C1=N/C(=O)OCc1ccccc1. The second-order valence-electron chi connectivity index (χ2n) is 14.2. The number of carbonyl (C=O) groups excluding carboxylic acids is 2. The summed E-state index contributed by atoms with van der Waals surface area (Å²) in [5.74, 6) is -1.78. The maximum atomic E-state index is 15.0. The summed E-state index contributed by atoms with van der Waals surface area (Å²) in [5.41, 5.74) is -2.80. The van der Waals surface area contributed by atoms with Crippen LogP contribution in [0.3, 0.4) is 0 Å². The number of benzene rings is 4. The van der Waals surface area contributed by atoms with Crippen LogP contribution in [0.4, 0.5) is 26.7 Å². The highest BCUT2D eigenvalue weighted by Gasteiger charge is 2.60. The van der Waals surface area contributed by atoms with Gasteiger partial charge in [-0.25, -0.2) is 18.2 Å². The standard InChI is InChI=1S/C40H35ClF5N6O5S/c1-24(28-14-19-32(41)31(20-28)33-47-23-48-52(33)35(42)43)51-34(53)39(22-38(2,3)40(44,45)46,50-36(51)49-37(54)57-21-25-8-6-5-7-9-25)29-15-10-26(11-16-29)27-12-17-30(18-13-27)58(4,55)56/h5-20,23-24,35H,1,21-22H2,2-4H3,(H,49,50,54)/t24-,39+/m0/s1. The zero-order chi connectivity index (χ0) is 42.2. The smallest absolute Gasteiger partial charge is 0.437 e. The monoisotopic (exact) mass is 841 g/mol. The van der Waals surface area contributed by atoms with Gasteiger partial charge in [-0.3, -0.25) is 9.69 Å². The summed E-state index contributed by atoms with van der Waals surface area (Å²) in [4.78, 5) is 37.3. The normalized spacial score (nSPS) is 17.5. The van der Waals surface area contributed by atoms with Crippen LogP contribution >= 0.6 is 11.6 Å². The lowest BCUT2D eigenvalue weighted by molar-refractivity contribution is -0.218. The van der Waals surface area contributed by atoms with Crippen molar-refractivity contribution in [1.82, 2.24) is 25.0 Å². The van der Waals surface area contributed by atoms with E-state index >= 15 is 4.79 Å². The third-order valence-electron chi connectivity index (χ3n) is 9.69. The molecule has 1 radical (unpaired) electrons. The zero-order valence-electron chi connectivity index (χ0n) is 31.0. The number of halogens is 6. The number of ether oxygens (including phenoxy) is 1. The molecule has 0 aliphatic carbocycles. The van der Waals surface area contributed by atoms with Crippen LogP contribution in [-0.4, -0.2) is 58.5 Å². The van der Waals surface area contributed by atoms with Gasteiger partial charge >= 0.3 is 18.8 Å². The number of aromatic nitrogens is 3. The van der Waals surface area contributed by atoms with Crippen molar-refractivity contribution >= 4 is 39.4 Å². The lowest BCUT2D eigenvalue weighted by atomic mass is 9.73. The van der Waals surface area contributed by atoms with E-state index in [4.69, 9.17) is 16.3 Å². The Morgan fingerprint density at radius 3 is 2.19 bits per heavy atom. The maximum absolute atomic E-state index is 15.0. The van der Waals surface area contributed by atoms with Gasteiger partial charge in [-0.2, -0.15) is 31.7 Å². The first-order valence-corrected chi connectivity index (χ1v) is 19.7. The fraction of sp³-hybridized carbons (Fsp3) is 0.250. The Bertz CT molecular complexity index is 2460. The Kier molecular flexibility index (Phi) is 11.5. The summed E-state index contributed by atoms with van der Waals surface area (Å²) in [5, 5.41) is 6.39. The van der Waals surface area contributed by atoms with Gasteiger partial charge in [0.05, 0.1) is 21.4 Å². The molecule has 1 fully saturated rings. The van der Waals surface area contributed by atoms with Crippen molar-refractivity contribution in [3.63, 3.8) is 0 Å². The van der Waals surface area contributed by atoms with Crippen LogP contribution in [0.1, 0.15) is 49.5 Å². The van der Waals surface area contributed by atoms with E-state index in [0.717, 1.165) is 31.3 Å². The fourth-order valence-electron chi connectivity index (χ4n) is 6.49. The van der Waals surface area contributed by atoms with E-state index in [2.05, 4.69) is 27.3 Å². The summed E-state index contributed by atoms with van der Waals surface area (Å²) < 4.78 is 101. The number of guanidine groups is 1. The van der Waals surface area contributed by atoms with Crippen LogP contribution in [0, 0.1) is 12.3 Å². The molecule has 5 aromatic rings. The molecule has 0 saturated carbocycles. The lowest BCUT2D eigenvalue weighted by Crippen LogP contribution is -2.50. The van der Waals surface area contributed by atoms with Gasteiger partial charge in [0.15, 0.2) is 15.7 Å². The molecule has 0 bridgehead atoms. The van der Waals surface area contributed by atoms with Crippen molar-refractivity contribution < 1.29 is 44.7 Å². The molecule has 1 N–H and O–H groups in total. The third-order valence-corrected chi connectivity index (χ3v) is 11.2. The topological polar surface area (TPSA) is 136 Å². The lowest BCUT2D eigenvalue weighted by Gasteiger charge is -2.37. The number of rotatable bonds is 11. The molecule has 0 spiro atoms. The Hall–Kier alpha value is -5.68. The first-order valence-electron chi connectivity index (χ1n) is 17.4. The predicted octanol–water partition coefficient (Wildman–Crippen LogP) is 8.94. The molecule has 58 heavy (non-hydrogen) atoms. The van der Waals surface area contributed by atoms with Gasteiger partial charge in [-0.15, -0.1) is 4.99 Å². The number of alkyl halides is 5. The molecule has 303 valence electrons. The predicted molar refractivity (Wildman–Crippen MR) is 205 cm³/mol. The number of hydrogen-bond donors (Lipinski definition) is 1. The molecule has 6 rings (SSSR count). The minimum Gasteiger partial charge on any atom is -0.443 e. The van der Waals surface area contributed by atoms with Gasteiger partial charge in [-0.1, -0.05) is 98.2 Å². The maximum Gasteiger partial charge on any atom is 0.437 e. The number of hydrogen-bond acceptors (Lipinski definition) is 7. The fourth-order valence-corrected chi connectivity index (χ4v) is 7.33. The average Bonchev–Trinajstić information content (AvgIpc) is 3.77. The third kappa shape index (κ3) is 8.45. The van der Waals surface area contributed by atoms with Crippen LogP contribution < -0.4 is 5.32 Å². The molecule has 1 aliphatic rings. The van der Waals surface area contributed by atoms with Crippen molar-refractivity contribution in [2.24, 2.45) is 10.4 Å². The largest absolute Gasteiger partial charge is 0.443 e. The highest BCUT2D eigenvalue weighted by molar-refractivity contribution is 7.90. The number of nitrogens with zero attached hydrogens (tertiary/aromatic N) is 5. The molecular formula is C40H35ClF5N6O5S. The molecule has 18 heteroatoms. The first kappa shape index (κ1) is 41.9. The van der Waals surface area contributed by atoms with E-state index in [1.807, 2.05) is 0 Å². The zero-order valence-corrected chi connectivity index (χ0v) is 32.6. The van der Waals surface area contributed by atoms with E-state index in [0.29, 0.717) is 21.4 Å². The van der Waals surface area contributed by atoms with Gasteiger partial charge in [0, 0.05) is 11.8 Å². The van der Waals surface area contributed by atoms with E-state index in [-0.39, 0.29) is 39.0 Å². The van der Waals surface area contributed by atoms with Gasteiger partial charge in [0.2, 0.25) is 5.96 Å². The minimum atomic E-state index is -4.82. The molecule has 2 heterocycles. The Balaban J connectivity index is 1.47. The second-order valence-corrected chi connectivity index (χ2v) is 16.6. The number of amides is 2. The van der Waals surface area contributed by atoms with Gasteiger partial charge in [0.1, 0.15) is 18.5 Å². The summed E-state index contributed by atoms with van der Waals surface area (Å²) in [6.45, 7) is 2.67. The van der Waals surface area contributed by atoms with Crippen molar-refractivity contribution in [2.75, 3.05) is 6.26 Å². The van der Waals surface area contributed by atoms with Crippen LogP contribution in [0.5, 0.6) is 0 Å². The molecule has 1 aromatic heterocycles. The molecule has 2 atom stereocenters. The Morgan fingerprint density at radius 2 is 1.60 bits per heavy atom. The van der Waals surface area contributed by atoms with Gasteiger partial charge < -0.3 is 10.1 Å². The Morgan fingerprint density at radius 1 is 0.983 bits per heavy atom. The number of sulfone groups is 1.